The van der Waals surface area contributed by atoms with Gasteiger partial charge in [0.2, 0.25) is 0 Å². The molecule has 0 aromatic heterocycles. The van der Waals surface area contributed by atoms with Crippen molar-refractivity contribution in [3.05, 3.63) is 34.6 Å². The van der Waals surface area contributed by atoms with Gasteiger partial charge in [-0.05, 0) is 18.2 Å². The number of hydrogen-bond donors (Lipinski definition) is 1. The maximum Gasteiger partial charge on any atom is 0.323 e. The van der Waals surface area contributed by atoms with Gasteiger partial charge in [0.1, 0.15) is 12.4 Å². The zero-order chi connectivity index (χ0) is 14.4. The first kappa shape index (κ1) is 15.4. The normalized spacial score (nSPS) is 10.3. The van der Waals surface area contributed by atoms with Crippen LogP contribution in [0, 0.1) is 5.82 Å². The fraction of sp³-hybridized carbons (Fsp3) is 0.333. The summed E-state index contributed by atoms with van der Waals surface area (Å²) in [7, 11) is 1.44. The highest BCUT2D eigenvalue weighted by molar-refractivity contribution is 6.31. The van der Waals surface area contributed by atoms with Crippen LogP contribution in [0.3, 0.4) is 0 Å². The highest BCUT2D eigenvalue weighted by atomic mass is 35.5. The Morgan fingerprint density at radius 2 is 2.16 bits per heavy atom. The van der Waals surface area contributed by atoms with E-state index in [1.165, 1.54) is 19.2 Å². The minimum absolute atomic E-state index is 0.122. The van der Waals surface area contributed by atoms with E-state index < -0.39 is 24.2 Å². The molecule has 1 N–H and O–H groups in total. The molecule has 1 amide bonds. The summed E-state index contributed by atoms with van der Waals surface area (Å²) >= 11 is 5.59. The van der Waals surface area contributed by atoms with E-state index in [0.717, 1.165) is 11.0 Å². The number of ether oxygens (including phenoxy) is 1. The maximum atomic E-state index is 13.0. The van der Waals surface area contributed by atoms with Crippen LogP contribution in [0.4, 0.5) is 4.39 Å². The maximum absolute atomic E-state index is 13.0. The second-order valence-electron chi connectivity index (χ2n) is 3.74. The molecule has 1 aromatic rings. The van der Waals surface area contributed by atoms with Gasteiger partial charge in [0.25, 0.3) is 5.91 Å². The van der Waals surface area contributed by atoms with Gasteiger partial charge in [-0.15, -0.1) is 0 Å². The molecule has 0 fully saturated rings. The quantitative estimate of drug-likeness (QED) is 0.865. The summed E-state index contributed by atoms with van der Waals surface area (Å²) in [6, 6.07) is 3.48. The predicted octanol–water partition coefficient (Wildman–Crippen LogP) is 1.65. The lowest BCUT2D eigenvalue weighted by molar-refractivity contribution is -0.137. The van der Waals surface area contributed by atoms with E-state index in [-0.39, 0.29) is 23.7 Å². The van der Waals surface area contributed by atoms with Gasteiger partial charge < -0.3 is 14.7 Å². The first-order valence-electron chi connectivity index (χ1n) is 5.40. The summed E-state index contributed by atoms with van der Waals surface area (Å²) in [5.74, 6) is -2.32. The summed E-state index contributed by atoms with van der Waals surface area (Å²) in [5, 5.41) is 8.57. The molecular weight excluding hydrogens is 277 g/mol. The van der Waals surface area contributed by atoms with Crippen molar-refractivity contribution >= 4 is 23.5 Å². The Bertz CT molecular complexity index is 481. The van der Waals surface area contributed by atoms with Crippen LogP contribution in [0.2, 0.25) is 5.02 Å². The largest absolute Gasteiger partial charge is 0.480 e. The fourth-order valence-corrected chi connectivity index (χ4v) is 1.61. The molecule has 7 heteroatoms. The van der Waals surface area contributed by atoms with Gasteiger partial charge in [-0.25, -0.2) is 4.39 Å². The number of nitrogens with zero attached hydrogens (tertiary/aromatic N) is 1. The molecule has 0 spiro atoms. The number of methoxy groups -OCH3 is 1. The number of halogens is 2. The van der Waals surface area contributed by atoms with E-state index in [0.29, 0.717) is 0 Å². The van der Waals surface area contributed by atoms with Crippen LogP contribution in [0.5, 0.6) is 0 Å². The van der Waals surface area contributed by atoms with Crippen LogP contribution in [0.1, 0.15) is 10.4 Å². The van der Waals surface area contributed by atoms with Crippen LogP contribution < -0.4 is 0 Å². The molecule has 0 radical (unpaired) electrons. The molecule has 0 heterocycles. The van der Waals surface area contributed by atoms with Crippen molar-refractivity contribution in [1.82, 2.24) is 4.90 Å². The molecule has 1 rings (SSSR count). The molecule has 0 aliphatic heterocycles. The minimum atomic E-state index is -1.14. The van der Waals surface area contributed by atoms with E-state index in [1.54, 1.807) is 0 Å². The van der Waals surface area contributed by atoms with Crippen molar-refractivity contribution < 1.29 is 23.8 Å². The van der Waals surface area contributed by atoms with Gasteiger partial charge in [0.05, 0.1) is 11.6 Å². The summed E-state index contributed by atoms with van der Waals surface area (Å²) in [6.45, 7) is -0.137. The number of rotatable bonds is 6. The van der Waals surface area contributed by atoms with Crippen molar-refractivity contribution in [3.8, 4) is 0 Å². The highest BCUT2D eigenvalue weighted by Gasteiger charge is 2.19. The molecule has 104 valence electrons. The molecule has 1 aromatic carbocycles. The summed E-state index contributed by atoms with van der Waals surface area (Å²) in [6.07, 6.45) is 0. The first-order chi connectivity index (χ1) is 8.95. The van der Waals surface area contributed by atoms with Gasteiger partial charge in [0.15, 0.2) is 0 Å². The molecule has 19 heavy (non-hydrogen) atoms. The van der Waals surface area contributed by atoms with Crippen LogP contribution in [0.15, 0.2) is 18.2 Å². The molecule has 0 unspecified atom stereocenters. The van der Waals surface area contributed by atoms with Crippen molar-refractivity contribution in [3.63, 3.8) is 0 Å². The van der Waals surface area contributed by atoms with Gasteiger partial charge in [-0.1, -0.05) is 11.6 Å². The molecule has 0 bridgehead atoms. The smallest absolute Gasteiger partial charge is 0.323 e. The lowest BCUT2D eigenvalue weighted by atomic mass is 10.2. The Labute approximate surface area is 114 Å². The first-order valence-corrected chi connectivity index (χ1v) is 5.78. The number of aliphatic carboxylic acids is 1. The number of carboxylic acids is 1. The number of benzene rings is 1. The fourth-order valence-electron chi connectivity index (χ4n) is 1.43. The lowest BCUT2D eigenvalue weighted by Gasteiger charge is -2.20. The van der Waals surface area contributed by atoms with Crippen molar-refractivity contribution in [2.24, 2.45) is 0 Å². The van der Waals surface area contributed by atoms with Crippen LogP contribution >= 0.6 is 11.6 Å². The van der Waals surface area contributed by atoms with Crippen molar-refractivity contribution in [2.75, 3.05) is 26.8 Å². The Morgan fingerprint density at radius 3 is 2.68 bits per heavy atom. The van der Waals surface area contributed by atoms with Gasteiger partial charge in [-0.2, -0.15) is 0 Å². The summed E-state index contributed by atoms with van der Waals surface area (Å²) < 4.78 is 17.8. The monoisotopic (exact) mass is 289 g/mol. The van der Waals surface area contributed by atoms with E-state index >= 15 is 0 Å². The number of amides is 1. The molecule has 0 aliphatic rings. The number of carbonyl (C=O) groups excluding carboxylic acids is 1. The number of carbonyl (C=O) groups is 2. The predicted molar refractivity (Wildman–Crippen MR) is 66.8 cm³/mol. The highest BCUT2D eigenvalue weighted by Crippen LogP contribution is 2.17. The van der Waals surface area contributed by atoms with E-state index in [9.17, 15) is 14.0 Å². The van der Waals surface area contributed by atoms with E-state index in [1.807, 2.05) is 0 Å². The Balaban J connectivity index is 2.90. The molecule has 0 atom stereocenters. The van der Waals surface area contributed by atoms with Crippen molar-refractivity contribution in [2.45, 2.75) is 0 Å². The van der Waals surface area contributed by atoms with Crippen LogP contribution in [0.25, 0.3) is 0 Å². The molecule has 0 saturated heterocycles. The Kier molecular flexibility index (Phi) is 5.72. The minimum Gasteiger partial charge on any atom is -0.480 e. The third-order valence-corrected chi connectivity index (χ3v) is 2.63. The SMILES string of the molecule is COCCN(CC(=O)O)C(=O)c1ccc(F)c(Cl)c1. The van der Waals surface area contributed by atoms with Gasteiger partial charge in [0, 0.05) is 19.2 Å². The summed E-state index contributed by atoms with van der Waals surface area (Å²) in [5.41, 5.74) is 0.128. The molecule has 5 nitrogen and oxygen atoms in total. The number of carboxylic acid groups (broad SMARTS) is 1. The second-order valence-corrected chi connectivity index (χ2v) is 4.15. The Morgan fingerprint density at radius 1 is 1.47 bits per heavy atom. The average molecular weight is 290 g/mol. The molecule has 0 aliphatic carbocycles. The molecular formula is C12H13ClFNO4. The second kappa shape index (κ2) is 7.06. The molecule has 0 saturated carbocycles. The summed E-state index contributed by atoms with van der Waals surface area (Å²) in [4.78, 5) is 23.9. The van der Waals surface area contributed by atoms with Gasteiger partial charge in [-0.3, -0.25) is 9.59 Å². The van der Waals surface area contributed by atoms with Crippen LogP contribution in [-0.2, 0) is 9.53 Å². The average Bonchev–Trinajstić information content (AvgIpc) is 2.36. The topological polar surface area (TPSA) is 66.8 Å². The van der Waals surface area contributed by atoms with Crippen molar-refractivity contribution in [1.29, 1.82) is 0 Å². The third-order valence-electron chi connectivity index (χ3n) is 2.35. The standard InChI is InChI=1S/C12H13ClFNO4/c1-19-5-4-15(7-11(16)17)12(18)8-2-3-10(14)9(13)6-8/h2-3,6H,4-5,7H2,1H3,(H,16,17). The zero-order valence-electron chi connectivity index (χ0n) is 10.2. The Hall–Kier alpha value is -1.66. The van der Waals surface area contributed by atoms with Crippen LogP contribution in [-0.4, -0.2) is 48.7 Å². The van der Waals surface area contributed by atoms with E-state index in [2.05, 4.69) is 0 Å². The third kappa shape index (κ3) is 4.50. The number of hydrogen-bond acceptors (Lipinski definition) is 3. The van der Waals surface area contributed by atoms with E-state index in [4.69, 9.17) is 21.4 Å². The lowest BCUT2D eigenvalue weighted by Crippen LogP contribution is -2.38. The van der Waals surface area contributed by atoms with Gasteiger partial charge >= 0.3 is 5.97 Å². The zero-order valence-corrected chi connectivity index (χ0v) is 11.0.